The highest BCUT2D eigenvalue weighted by atomic mass is 35.5. The lowest BCUT2D eigenvalue weighted by Crippen LogP contribution is -2.42. The quantitative estimate of drug-likeness (QED) is 0.246. The number of carbonyl (C=O) groups excluding carboxylic acids is 1. The zero-order valence-electron chi connectivity index (χ0n) is 20.9. The summed E-state index contributed by atoms with van der Waals surface area (Å²) in [5.41, 5.74) is 4.22. The minimum Gasteiger partial charge on any atom is -0.331 e. The van der Waals surface area contributed by atoms with Gasteiger partial charge in [-0.3, -0.25) is 9.78 Å². The van der Waals surface area contributed by atoms with Gasteiger partial charge in [0.1, 0.15) is 16.5 Å². The molecule has 5 rings (SSSR count). The van der Waals surface area contributed by atoms with Gasteiger partial charge in [0, 0.05) is 25.0 Å². The van der Waals surface area contributed by atoms with Gasteiger partial charge < -0.3 is 4.90 Å². The van der Waals surface area contributed by atoms with Crippen molar-refractivity contribution in [3.05, 3.63) is 87.5 Å². The van der Waals surface area contributed by atoms with Crippen LogP contribution in [0.3, 0.4) is 0 Å². The van der Waals surface area contributed by atoms with Crippen LogP contribution in [0.1, 0.15) is 59.8 Å². The number of aryl methyl sites for hydroxylation is 1. The molecule has 7 heteroatoms. The molecule has 2 aromatic carbocycles. The second-order valence-corrected chi connectivity index (χ2v) is 11.3. The van der Waals surface area contributed by atoms with Crippen LogP contribution in [0.25, 0.3) is 21.2 Å². The van der Waals surface area contributed by atoms with Gasteiger partial charge in [-0.1, -0.05) is 37.1 Å². The molecule has 1 aliphatic rings. The topological polar surface area (TPSA) is 33.2 Å². The number of fused-ring (bicyclic) bond motifs is 1. The molecule has 1 aliphatic carbocycles. The van der Waals surface area contributed by atoms with Crippen LogP contribution in [0.4, 0.5) is 8.78 Å². The summed E-state index contributed by atoms with van der Waals surface area (Å²) in [5, 5.41) is -0.0166. The van der Waals surface area contributed by atoms with Crippen LogP contribution >= 0.6 is 22.9 Å². The first-order valence-corrected chi connectivity index (χ1v) is 13.9. The van der Waals surface area contributed by atoms with E-state index >= 15 is 0 Å². The zero-order chi connectivity index (χ0) is 26.1. The smallest absolute Gasteiger partial charge is 0.266 e. The molecule has 0 N–H and O–H groups in total. The molecule has 0 spiro atoms. The number of aromatic nitrogens is 1. The van der Waals surface area contributed by atoms with Crippen molar-refractivity contribution in [3.8, 4) is 11.1 Å². The van der Waals surface area contributed by atoms with Crippen molar-refractivity contribution in [2.75, 3.05) is 0 Å². The fourth-order valence-electron chi connectivity index (χ4n) is 5.35. The van der Waals surface area contributed by atoms with Crippen molar-refractivity contribution in [3.63, 3.8) is 0 Å². The summed E-state index contributed by atoms with van der Waals surface area (Å²) >= 11 is 7.49. The number of thiophene rings is 1. The summed E-state index contributed by atoms with van der Waals surface area (Å²) in [5.74, 6) is -0.787. The Morgan fingerprint density at radius 2 is 1.73 bits per heavy atom. The van der Waals surface area contributed by atoms with Crippen molar-refractivity contribution in [2.24, 2.45) is 5.92 Å². The van der Waals surface area contributed by atoms with E-state index in [2.05, 4.69) is 30.1 Å². The molecule has 1 saturated carbocycles. The van der Waals surface area contributed by atoms with Crippen molar-refractivity contribution in [2.45, 2.75) is 58.5 Å². The molecule has 0 bridgehead atoms. The third-order valence-electron chi connectivity index (χ3n) is 7.67. The van der Waals surface area contributed by atoms with Crippen molar-refractivity contribution in [1.82, 2.24) is 9.88 Å². The number of amides is 1. The SMILES string of the molecule is CCC1CCC(N(Cc2cc(-c3ccncc3)ccc2C)C(=O)c2sc3c(F)ccc(F)c3c2Cl)CC1. The van der Waals surface area contributed by atoms with E-state index in [1.807, 2.05) is 24.0 Å². The lowest BCUT2D eigenvalue weighted by atomic mass is 9.83. The minimum atomic E-state index is -0.618. The van der Waals surface area contributed by atoms with Gasteiger partial charge in [-0.25, -0.2) is 8.78 Å². The Morgan fingerprint density at radius 1 is 1.03 bits per heavy atom. The standard InChI is InChI=1S/C30H29ClF2N2OS/c1-3-19-5-8-23(9-6-19)35(17-22-16-21(7-4-18(22)2)20-12-14-34-15-13-20)30(36)29-27(31)26-24(32)10-11-25(33)28(26)37-29/h4,7,10-16,19,23H,3,5-6,8-9,17H2,1-2H3. The van der Waals surface area contributed by atoms with E-state index in [4.69, 9.17) is 11.6 Å². The Bertz CT molecular complexity index is 1430. The van der Waals surface area contributed by atoms with Crippen molar-refractivity contribution >= 4 is 38.9 Å². The minimum absolute atomic E-state index is 0.00324. The molecule has 1 fully saturated rings. The second kappa shape index (κ2) is 10.9. The highest BCUT2D eigenvalue weighted by Crippen LogP contribution is 2.40. The molecular weight excluding hydrogens is 510 g/mol. The second-order valence-electron chi connectivity index (χ2n) is 9.87. The predicted octanol–water partition coefficient (Wildman–Crippen LogP) is 8.81. The summed E-state index contributed by atoms with van der Waals surface area (Å²) < 4.78 is 29.2. The molecule has 0 aliphatic heterocycles. The van der Waals surface area contributed by atoms with Crippen LogP contribution in [0.5, 0.6) is 0 Å². The Kier molecular flexibility index (Phi) is 7.59. The number of halogens is 3. The number of hydrogen-bond donors (Lipinski definition) is 0. The predicted molar refractivity (Wildman–Crippen MR) is 147 cm³/mol. The van der Waals surface area contributed by atoms with Gasteiger partial charge in [-0.2, -0.15) is 0 Å². The van der Waals surface area contributed by atoms with E-state index in [0.717, 1.165) is 77.8 Å². The first-order chi connectivity index (χ1) is 17.9. The van der Waals surface area contributed by atoms with E-state index in [1.165, 1.54) is 0 Å². The normalized spacial score (nSPS) is 17.8. The molecule has 0 radical (unpaired) electrons. The van der Waals surface area contributed by atoms with Crippen LogP contribution in [0.2, 0.25) is 5.02 Å². The fourth-order valence-corrected chi connectivity index (χ4v) is 6.85. The monoisotopic (exact) mass is 538 g/mol. The lowest BCUT2D eigenvalue weighted by molar-refractivity contribution is 0.0592. The maximum atomic E-state index is 14.6. The number of nitrogens with zero attached hydrogens (tertiary/aromatic N) is 2. The summed E-state index contributed by atoms with van der Waals surface area (Å²) in [7, 11) is 0. The van der Waals surface area contributed by atoms with Gasteiger partial charge in [0.2, 0.25) is 0 Å². The maximum Gasteiger partial charge on any atom is 0.266 e. The molecule has 1 amide bonds. The van der Waals surface area contributed by atoms with Crippen molar-refractivity contribution in [1.29, 1.82) is 0 Å². The van der Waals surface area contributed by atoms with E-state index in [-0.39, 0.29) is 31.9 Å². The number of rotatable bonds is 6. The highest BCUT2D eigenvalue weighted by molar-refractivity contribution is 7.21. The average Bonchev–Trinajstić information content (AvgIpc) is 3.29. The van der Waals surface area contributed by atoms with Crippen molar-refractivity contribution < 1.29 is 13.6 Å². The molecule has 37 heavy (non-hydrogen) atoms. The third-order valence-corrected chi connectivity index (χ3v) is 9.35. The molecule has 2 heterocycles. The Hall–Kier alpha value is -2.83. The van der Waals surface area contributed by atoms with Gasteiger partial charge >= 0.3 is 0 Å². The molecule has 0 unspecified atom stereocenters. The van der Waals surface area contributed by atoms with Gasteiger partial charge in [0.15, 0.2) is 0 Å². The zero-order valence-corrected chi connectivity index (χ0v) is 22.5. The fraction of sp³-hybridized carbons (Fsp3) is 0.333. The molecule has 192 valence electrons. The Balaban J connectivity index is 1.54. The molecule has 2 aromatic heterocycles. The van der Waals surface area contributed by atoms with Crippen LogP contribution in [0.15, 0.2) is 54.9 Å². The summed E-state index contributed by atoms with van der Waals surface area (Å²) in [6.45, 7) is 4.65. The highest BCUT2D eigenvalue weighted by Gasteiger charge is 2.32. The van der Waals surface area contributed by atoms with E-state index in [0.29, 0.717) is 12.5 Å². The van der Waals surface area contributed by atoms with Crippen LogP contribution in [0, 0.1) is 24.5 Å². The molecule has 0 atom stereocenters. The first-order valence-electron chi connectivity index (χ1n) is 12.7. The van der Waals surface area contributed by atoms with Crippen LogP contribution in [-0.2, 0) is 6.54 Å². The van der Waals surface area contributed by atoms with E-state index in [1.54, 1.807) is 12.4 Å². The molecule has 4 aromatic rings. The number of pyridine rings is 1. The first kappa shape index (κ1) is 25.8. The molecular formula is C30H29ClF2N2OS. The molecule has 3 nitrogen and oxygen atoms in total. The molecule has 0 saturated heterocycles. The van der Waals surface area contributed by atoms with Crippen LogP contribution < -0.4 is 0 Å². The van der Waals surface area contributed by atoms with Gasteiger partial charge in [-0.15, -0.1) is 11.3 Å². The third kappa shape index (κ3) is 5.14. The Labute approximate surface area is 225 Å². The lowest BCUT2D eigenvalue weighted by Gasteiger charge is -2.37. The summed E-state index contributed by atoms with van der Waals surface area (Å²) in [6.07, 6.45) is 8.58. The van der Waals surface area contributed by atoms with Gasteiger partial charge in [0.05, 0.1) is 15.1 Å². The van der Waals surface area contributed by atoms with Crippen LogP contribution in [-0.4, -0.2) is 21.8 Å². The summed E-state index contributed by atoms with van der Waals surface area (Å²) in [4.78, 5) is 20.3. The van der Waals surface area contributed by atoms with E-state index in [9.17, 15) is 13.6 Å². The maximum absolute atomic E-state index is 14.6. The number of hydrogen-bond acceptors (Lipinski definition) is 3. The largest absolute Gasteiger partial charge is 0.331 e. The number of benzene rings is 2. The van der Waals surface area contributed by atoms with E-state index < -0.39 is 11.6 Å². The average molecular weight is 539 g/mol. The number of carbonyl (C=O) groups is 1. The van der Waals surface area contributed by atoms with Gasteiger partial charge in [0.25, 0.3) is 5.91 Å². The Morgan fingerprint density at radius 3 is 2.41 bits per heavy atom. The summed E-state index contributed by atoms with van der Waals surface area (Å²) in [6, 6.07) is 12.4. The van der Waals surface area contributed by atoms with Gasteiger partial charge in [-0.05, 0) is 91.1 Å².